The van der Waals surface area contributed by atoms with Crippen LogP contribution in [0.4, 0.5) is 0 Å². The Morgan fingerprint density at radius 3 is 2.59 bits per heavy atom. The lowest BCUT2D eigenvalue weighted by Gasteiger charge is -2.45. The number of hydrogen-bond donors (Lipinski definition) is 0. The molecule has 1 saturated carbocycles. The van der Waals surface area contributed by atoms with Crippen molar-refractivity contribution in [2.45, 2.75) is 72.4 Å². The van der Waals surface area contributed by atoms with Crippen molar-refractivity contribution in [2.75, 3.05) is 6.61 Å². The zero-order valence-electron chi connectivity index (χ0n) is 18.2. The Bertz CT molecular complexity index is 945. The minimum absolute atomic E-state index is 0.135. The van der Waals surface area contributed by atoms with Crippen molar-refractivity contribution in [3.8, 4) is 11.8 Å². The van der Waals surface area contributed by atoms with Gasteiger partial charge in [-0.3, -0.25) is 9.36 Å². The van der Waals surface area contributed by atoms with Gasteiger partial charge in [-0.05, 0) is 66.2 Å². The molecule has 1 aromatic carbocycles. The van der Waals surface area contributed by atoms with Crippen molar-refractivity contribution in [1.29, 1.82) is 0 Å². The normalized spacial score (nSPS) is 22.7. The van der Waals surface area contributed by atoms with Gasteiger partial charge < -0.3 is 9.47 Å². The van der Waals surface area contributed by atoms with E-state index in [1.165, 1.54) is 36.5 Å². The van der Waals surface area contributed by atoms with Crippen molar-refractivity contribution in [1.82, 2.24) is 9.55 Å². The van der Waals surface area contributed by atoms with E-state index in [0.29, 0.717) is 35.9 Å². The van der Waals surface area contributed by atoms with Crippen molar-refractivity contribution >= 4 is 0 Å². The average Bonchev–Trinajstić information content (AvgIpc) is 2.99. The molecule has 4 rings (SSSR count). The number of rotatable bonds is 4. The zero-order valence-corrected chi connectivity index (χ0v) is 18.2. The lowest BCUT2D eigenvalue weighted by molar-refractivity contribution is 0.0966. The van der Waals surface area contributed by atoms with Gasteiger partial charge in [0.1, 0.15) is 12.4 Å². The molecule has 1 fully saturated rings. The molecule has 0 unspecified atom stereocenters. The Balaban J connectivity index is 1.41. The number of nitrogens with zero attached hydrogens (tertiary/aromatic N) is 2. The highest BCUT2D eigenvalue weighted by Crippen LogP contribution is 2.52. The number of aromatic nitrogens is 2. The first-order valence-electron chi connectivity index (χ1n) is 10.6. The highest BCUT2D eigenvalue weighted by atomic mass is 16.6. The Morgan fingerprint density at radius 2 is 1.90 bits per heavy atom. The molecule has 2 aliphatic rings. The quantitative estimate of drug-likeness (QED) is 0.751. The van der Waals surface area contributed by atoms with Crippen LogP contribution >= 0.6 is 0 Å². The van der Waals surface area contributed by atoms with Crippen molar-refractivity contribution in [2.24, 2.45) is 10.8 Å². The lowest BCUT2D eigenvalue weighted by atomic mass is 9.60. The summed E-state index contributed by atoms with van der Waals surface area (Å²) >= 11 is 0. The lowest BCUT2D eigenvalue weighted by Crippen LogP contribution is -2.33. The van der Waals surface area contributed by atoms with Gasteiger partial charge in [-0.15, -0.1) is 0 Å². The fraction of sp³-hybridized carbons (Fsp3) is 0.583. The number of hydrogen-bond acceptors (Lipinski definition) is 4. The van der Waals surface area contributed by atoms with Crippen LogP contribution in [0.2, 0.25) is 0 Å². The molecular weight excluding hydrogens is 364 g/mol. The summed E-state index contributed by atoms with van der Waals surface area (Å²) in [6.07, 6.45) is 5.33. The number of aryl methyl sites for hydroxylation is 1. The Kier molecular flexibility index (Phi) is 4.96. The molecule has 0 radical (unpaired) electrons. The molecular formula is C24H32N2O3. The molecule has 156 valence electrons. The molecule has 0 N–H and O–H groups in total. The van der Waals surface area contributed by atoms with Crippen LogP contribution in [0.25, 0.3) is 0 Å². The van der Waals surface area contributed by atoms with Crippen LogP contribution in [0.1, 0.15) is 64.0 Å². The maximum atomic E-state index is 11.4. The van der Waals surface area contributed by atoms with Gasteiger partial charge in [0.15, 0.2) is 6.10 Å². The molecule has 0 bridgehead atoms. The van der Waals surface area contributed by atoms with E-state index in [1.807, 2.05) is 4.57 Å². The third-order valence-corrected chi connectivity index (χ3v) is 6.19. The topological polar surface area (TPSA) is 53.4 Å². The van der Waals surface area contributed by atoms with Crippen LogP contribution in [-0.2, 0) is 6.54 Å². The highest BCUT2D eigenvalue weighted by Gasteiger charge is 2.39. The van der Waals surface area contributed by atoms with Crippen LogP contribution in [-0.4, -0.2) is 22.3 Å². The average molecular weight is 397 g/mol. The minimum Gasteiger partial charge on any atom is -0.490 e. The van der Waals surface area contributed by atoms with E-state index in [2.05, 4.69) is 57.8 Å². The molecule has 0 amide bonds. The van der Waals surface area contributed by atoms with Gasteiger partial charge in [0.05, 0.1) is 6.54 Å². The first-order chi connectivity index (χ1) is 13.6. The van der Waals surface area contributed by atoms with E-state index in [1.54, 1.807) is 6.20 Å². The summed E-state index contributed by atoms with van der Waals surface area (Å²) in [4.78, 5) is 15.2. The van der Waals surface area contributed by atoms with Crippen molar-refractivity contribution < 1.29 is 9.47 Å². The highest BCUT2D eigenvalue weighted by molar-refractivity contribution is 5.37. The SMILES string of the molecule is Cc1cc(OC[C@@H]2Cn3ccc(=O)nc3O2)ccc1C1CC(C)(C)CC(C)(C)C1. The Morgan fingerprint density at radius 1 is 1.17 bits per heavy atom. The maximum Gasteiger partial charge on any atom is 0.300 e. The smallest absolute Gasteiger partial charge is 0.300 e. The van der Waals surface area contributed by atoms with Crippen molar-refractivity contribution in [3.05, 3.63) is 51.9 Å². The van der Waals surface area contributed by atoms with E-state index in [0.717, 1.165) is 5.75 Å². The van der Waals surface area contributed by atoms with E-state index >= 15 is 0 Å². The predicted octanol–water partition coefficient (Wildman–Crippen LogP) is 4.71. The second-order valence-electron chi connectivity index (χ2n) is 10.4. The van der Waals surface area contributed by atoms with Gasteiger partial charge >= 0.3 is 0 Å². The van der Waals surface area contributed by atoms with E-state index in [4.69, 9.17) is 9.47 Å². The Hall–Kier alpha value is -2.30. The summed E-state index contributed by atoms with van der Waals surface area (Å²) in [5, 5.41) is 0. The summed E-state index contributed by atoms with van der Waals surface area (Å²) in [5.74, 6) is 1.46. The first kappa shape index (κ1) is 20.0. The third kappa shape index (κ3) is 4.49. The second-order valence-corrected chi connectivity index (χ2v) is 10.4. The Labute approximate surface area is 173 Å². The number of fused-ring (bicyclic) bond motifs is 1. The molecule has 1 atom stereocenters. The van der Waals surface area contributed by atoms with Crippen LogP contribution in [0.15, 0.2) is 35.3 Å². The van der Waals surface area contributed by atoms with Crippen molar-refractivity contribution in [3.63, 3.8) is 0 Å². The van der Waals surface area contributed by atoms with Gasteiger partial charge in [-0.2, -0.15) is 4.98 Å². The molecule has 0 spiro atoms. The number of benzene rings is 1. The number of ether oxygens (including phenoxy) is 2. The molecule has 1 aliphatic heterocycles. The van der Waals surface area contributed by atoms with Crippen LogP contribution in [0, 0.1) is 17.8 Å². The fourth-order valence-corrected chi connectivity index (χ4v) is 5.59. The first-order valence-corrected chi connectivity index (χ1v) is 10.6. The summed E-state index contributed by atoms with van der Waals surface area (Å²) in [7, 11) is 0. The van der Waals surface area contributed by atoms with Gasteiger partial charge in [0.2, 0.25) is 0 Å². The van der Waals surface area contributed by atoms with Gasteiger partial charge in [0.25, 0.3) is 11.6 Å². The largest absolute Gasteiger partial charge is 0.490 e. The molecule has 2 heterocycles. The predicted molar refractivity (Wildman–Crippen MR) is 114 cm³/mol. The summed E-state index contributed by atoms with van der Waals surface area (Å²) in [6, 6.07) is 8.30. The monoisotopic (exact) mass is 396 g/mol. The standard InChI is InChI=1S/C24H32N2O3/c1-16-10-18(28-14-19-13-26-9-8-21(27)25-22(26)29-19)6-7-20(16)17-11-23(2,3)15-24(4,5)12-17/h6-10,17,19H,11-15H2,1-5H3/t19-/m0/s1. The fourth-order valence-electron chi connectivity index (χ4n) is 5.59. The molecule has 2 aromatic rings. The van der Waals surface area contributed by atoms with E-state index in [9.17, 15) is 4.79 Å². The third-order valence-electron chi connectivity index (χ3n) is 6.19. The van der Waals surface area contributed by atoms with Crippen LogP contribution in [0.5, 0.6) is 11.8 Å². The molecule has 5 heteroatoms. The van der Waals surface area contributed by atoms with Gasteiger partial charge in [-0.1, -0.05) is 33.8 Å². The van der Waals surface area contributed by atoms with Gasteiger partial charge in [0, 0.05) is 12.3 Å². The maximum absolute atomic E-state index is 11.4. The molecule has 1 aromatic heterocycles. The molecule has 29 heavy (non-hydrogen) atoms. The van der Waals surface area contributed by atoms with Crippen LogP contribution in [0.3, 0.4) is 0 Å². The minimum atomic E-state index is -0.280. The van der Waals surface area contributed by atoms with Gasteiger partial charge in [-0.25, -0.2) is 0 Å². The molecule has 1 aliphatic carbocycles. The van der Waals surface area contributed by atoms with Crippen LogP contribution < -0.4 is 15.0 Å². The summed E-state index contributed by atoms with van der Waals surface area (Å²) in [5.41, 5.74) is 3.21. The van der Waals surface area contributed by atoms with E-state index in [-0.39, 0.29) is 11.7 Å². The summed E-state index contributed by atoms with van der Waals surface area (Å²) < 4.78 is 13.6. The molecule has 5 nitrogen and oxygen atoms in total. The van der Waals surface area contributed by atoms with E-state index < -0.39 is 0 Å². The molecule has 0 saturated heterocycles. The summed E-state index contributed by atoms with van der Waals surface area (Å²) in [6.45, 7) is 12.9. The second kappa shape index (κ2) is 7.19. The zero-order chi connectivity index (χ0) is 20.8.